The molecule has 1 fully saturated rings. The molecule has 1 aromatic heterocycles. The number of hydrogen-bond donors (Lipinski definition) is 3. The highest BCUT2D eigenvalue weighted by Gasteiger charge is 2.31. The van der Waals surface area contributed by atoms with Gasteiger partial charge in [0.05, 0.1) is 4.90 Å². The molecule has 0 bridgehead atoms. The summed E-state index contributed by atoms with van der Waals surface area (Å²) in [5, 5.41) is 8.75. The lowest BCUT2D eigenvalue weighted by atomic mass is 9.88. The summed E-state index contributed by atoms with van der Waals surface area (Å²) in [6, 6.07) is 13.1. The Balaban J connectivity index is 1.46. The summed E-state index contributed by atoms with van der Waals surface area (Å²) in [7, 11) is 0.439. The Labute approximate surface area is 183 Å². The number of hydrogen-bond acceptors (Lipinski definition) is 5. The van der Waals surface area contributed by atoms with E-state index in [0.717, 1.165) is 13.1 Å². The van der Waals surface area contributed by atoms with Crippen molar-refractivity contribution in [3.05, 3.63) is 52.7 Å². The van der Waals surface area contributed by atoms with Gasteiger partial charge in [0.1, 0.15) is 0 Å². The first-order valence-electron chi connectivity index (χ1n) is 10.2. The van der Waals surface area contributed by atoms with Gasteiger partial charge in [-0.2, -0.15) is 0 Å². The number of nitrogens with one attached hydrogen (secondary N) is 3. The van der Waals surface area contributed by atoms with Crippen LogP contribution in [0.5, 0.6) is 0 Å². The van der Waals surface area contributed by atoms with E-state index in [2.05, 4.69) is 49.8 Å². The zero-order valence-electron chi connectivity index (χ0n) is 17.5. The Hall–Kier alpha value is -1.94. The monoisotopic (exact) mass is 449 g/mol. The number of likely N-dealkylation sites (tertiary alicyclic amines) is 1. The molecule has 0 amide bonds. The van der Waals surface area contributed by atoms with Crippen LogP contribution in [0.25, 0.3) is 0 Å². The average Bonchev–Trinajstić information content (AvgIpc) is 3.28. The lowest BCUT2D eigenvalue weighted by Crippen LogP contribution is -2.46. The fraction of sp³-hybridized carbons (Fsp3) is 0.476. The molecule has 2 aromatic rings. The number of sulfonamides is 1. The van der Waals surface area contributed by atoms with Crippen LogP contribution in [-0.2, 0) is 10.0 Å². The van der Waals surface area contributed by atoms with Crippen LogP contribution in [0, 0.1) is 5.92 Å². The fourth-order valence-electron chi connectivity index (χ4n) is 3.88. The van der Waals surface area contributed by atoms with Crippen LogP contribution in [0.1, 0.15) is 23.8 Å². The molecule has 30 heavy (non-hydrogen) atoms. The lowest BCUT2D eigenvalue weighted by molar-refractivity contribution is 0.125. The minimum atomic E-state index is -3.49. The number of piperidine rings is 1. The predicted octanol–water partition coefficient (Wildman–Crippen LogP) is 2.27. The van der Waals surface area contributed by atoms with Gasteiger partial charge in [0.15, 0.2) is 5.96 Å². The molecule has 1 saturated heterocycles. The van der Waals surface area contributed by atoms with E-state index in [9.17, 15) is 8.42 Å². The molecule has 7 nitrogen and oxygen atoms in total. The smallest absolute Gasteiger partial charge is 0.240 e. The minimum absolute atomic E-state index is 0.272. The van der Waals surface area contributed by atoms with Crippen molar-refractivity contribution in [1.29, 1.82) is 0 Å². The van der Waals surface area contributed by atoms with Crippen LogP contribution in [0.2, 0.25) is 0 Å². The minimum Gasteiger partial charge on any atom is -0.356 e. The van der Waals surface area contributed by atoms with Crippen molar-refractivity contribution in [2.45, 2.75) is 23.8 Å². The molecule has 164 valence electrons. The van der Waals surface area contributed by atoms with E-state index < -0.39 is 10.0 Å². The number of rotatable bonds is 8. The van der Waals surface area contributed by atoms with Gasteiger partial charge in [-0.25, -0.2) is 13.1 Å². The van der Waals surface area contributed by atoms with E-state index in [1.807, 2.05) is 11.3 Å². The van der Waals surface area contributed by atoms with Crippen LogP contribution < -0.4 is 15.4 Å². The Kier molecular flexibility index (Phi) is 8.26. The van der Waals surface area contributed by atoms with E-state index in [1.54, 1.807) is 37.4 Å². The summed E-state index contributed by atoms with van der Waals surface area (Å²) in [5.74, 6) is 1.18. The first-order chi connectivity index (χ1) is 14.5. The highest BCUT2D eigenvalue weighted by atomic mass is 32.2. The Bertz CT molecular complexity index is 901. The average molecular weight is 450 g/mol. The number of guanidine groups is 1. The standard InChI is InChI=1S/C21H31N5O2S2/c1-22-21(23-12-13-25-30(27,28)18-9-4-3-5-10-18)24-16-17-8-6-14-26(2)20(17)19-11-7-15-29-19/h3-5,7,9-11,15,17,20,25H,6,8,12-14,16H2,1-2H3,(H2,22,23,24). The third kappa shape index (κ3) is 6.04. The van der Waals surface area contributed by atoms with E-state index in [1.165, 1.54) is 17.7 Å². The zero-order valence-corrected chi connectivity index (χ0v) is 19.2. The van der Waals surface area contributed by atoms with Crippen molar-refractivity contribution in [1.82, 2.24) is 20.3 Å². The molecule has 1 aliphatic rings. The first kappa shape index (κ1) is 22.7. The second kappa shape index (κ2) is 10.9. The molecular formula is C21H31N5O2S2. The molecule has 9 heteroatoms. The maximum absolute atomic E-state index is 12.3. The van der Waals surface area contributed by atoms with Gasteiger partial charge in [-0.05, 0) is 55.9 Å². The van der Waals surface area contributed by atoms with Gasteiger partial charge in [-0.15, -0.1) is 11.3 Å². The Morgan fingerprint density at radius 1 is 1.17 bits per heavy atom. The van der Waals surface area contributed by atoms with Crippen molar-refractivity contribution in [2.24, 2.45) is 10.9 Å². The Morgan fingerprint density at radius 2 is 1.97 bits per heavy atom. The quantitative estimate of drug-likeness (QED) is 0.327. The van der Waals surface area contributed by atoms with Gasteiger partial charge < -0.3 is 10.6 Å². The van der Waals surface area contributed by atoms with Crippen LogP contribution in [0.3, 0.4) is 0 Å². The van der Waals surface area contributed by atoms with Crippen LogP contribution in [-0.4, -0.2) is 59.6 Å². The van der Waals surface area contributed by atoms with Gasteiger partial charge >= 0.3 is 0 Å². The zero-order chi connectivity index (χ0) is 21.4. The number of thiophene rings is 1. The summed E-state index contributed by atoms with van der Waals surface area (Å²) in [4.78, 5) is 8.39. The molecule has 0 spiro atoms. The lowest BCUT2D eigenvalue weighted by Gasteiger charge is -2.39. The second-order valence-electron chi connectivity index (χ2n) is 7.43. The predicted molar refractivity (Wildman–Crippen MR) is 123 cm³/mol. The van der Waals surface area contributed by atoms with Crippen molar-refractivity contribution < 1.29 is 8.42 Å². The maximum atomic E-state index is 12.3. The number of benzene rings is 1. The van der Waals surface area contributed by atoms with Crippen LogP contribution in [0.15, 0.2) is 57.7 Å². The topological polar surface area (TPSA) is 85.8 Å². The summed E-state index contributed by atoms with van der Waals surface area (Å²) < 4.78 is 27.2. The third-order valence-corrected chi connectivity index (χ3v) is 7.78. The summed E-state index contributed by atoms with van der Waals surface area (Å²) in [6.07, 6.45) is 2.37. The van der Waals surface area contributed by atoms with E-state index in [4.69, 9.17) is 0 Å². The van der Waals surface area contributed by atoms with Crippen LogP contribution in [0.4, 0.5) is 0 Å². The molecule has 1 aliphatic heterocycles. The number of nitrogens with zero attached hydrogens (tertiary/aromatic N) is 2. The van der Waals surface area contributed by atoms with Gasteiger partial charge in [-0.1, -0.05) is 24.3 Å². The van der Waals surface area contributed by atoms with Gasteiger partial charge in [0, 0.05) is 37.6 Å². The van der Waals surface area contributed by atoms with Gasteiger partial charge in [-0.3, -0.25) is 9.89 Å². The van der Waals surface area contributed by atoms with E-state index >= 15 is 0 Å². The molecule has 2 unspecified atom stereocenters. The SMILES string of the molecule is CN=C(NCCNS(=O)(=O)c1ccccc1)NCC1CCCN(C)C1c1cccs1. The molecule has 3 N–H and O–H groups in total. The van der Waals surface area contributed by atoms with Crippen molar-refractivity contribution in [3.63, 3.8) is 0 Å². The van der Waals surface area contributed by atoms with Gasteiger partial charge in [0.2, 0.25) is 10.0 Å². The first-order valence-corrected chi connectivity index (χ1v) is 12.6. The largest absolute Gasteiger partial charge is 0.356 e. The van der Waals surface area contributed by atoms with Crippen molar-refractivity contribution in [2.75, 3.05) is 40.3 Å². The van der Waals surface area contributed by atoms with Gasteiger partial charge in [0.25, 0.3) is 0 Å². The molecule has 2 heterocycles. The van der Waals surface area contributed by atoms with E-state index in [0.29, 0.717) is 24.5 Å². The Morgan fingerprint density at radius 3 is 2.67 bits per heavy atom. The molecule has 3 rings (SSSR count). The fourth-order valence-corrected chi connectivity index (χ4v) is 5.92. The summed E-state index contributed by atoms with van der Waals surface area (Å²) in [6.45, 7) is 2.67. The molecule has 0 radical (unpaired) electrons. The summed E-state index contributed by atoms with van der Waals surface area (Å²) >= 11 is 1.81. The van der Waals surface area contributed by atoms with E-state index in [-0.39, 0.29) is 11.4 Å². The highest BCUT2D eigenvalue weighted by molar-refractivity contribution is 7.89. The molecule has 0 saturated carbocycles. The molecule has 0 aliphatic carbocycles. The van der Waals surface area contributed by atoms with Crippen LogP contribution >= 0.6 is 11.3 Å². The highest BCUT2D eigenvalue weighted by Crippen LogP contribution is 2.36. The number of aliphatic imine (C=N–C) groups is 1. The van der Waals surface area contributed by atoms with Crippen molar-refractivity contribution in [3.8, 4) is 0 Å². The molecular weight excluding hydrogens is 418 g/mol. The molecule has 1 aromatic carbocycles. The van der Waals surface area contributed by atoms with Crippen molar-refractivity contribution >= 4 is 27.3 Å². The third-order valence-electron chi connectivity index (χ3n) is 5.36. The molecule has 2 atom stereocenters. The second-order valence-corrected chi connectivity index (χ2v) is 10.2. The summed E-state index contributed by atoms with van der Waals surface area (Å²) in [5.41, 5.74) is 0. The maximum Gasteiger partial charge on any atom is 0.240 e. The normalized spacial score (nSPS) is 20.8.